The van der Waals surface area contributed by atoms with Gasteiger partial charge in [0.2, 0.25) is 0 Å². The van der Waals surface area contributed by atoms with Crippen LogP contribution in [0.1, 0.15) is 58.1 Å². The molecule has 0 amide bonds. The van der Waals surface area contributed by atoms with Crippen molar-refractivity contribution in [3.05, 3.63) is 71.8 Å². The van der Waals surface area contributed by atoms with Gasteiger partial charge in [0.1, 0.15) is 0 Å². The summed E-state index contributed by atoms with van der Waals surface area (Å²) in [4.78, 5) is 12.5. The zero-order chi connectivity index (χ0) is 20.6. The smallest absolute Gasteiger partial charge is 0.307 e. The number of carboxylic acid groups (broad SMARTS) is 1. The number of carboxylic acids is 1. The van der Waals surface area contributed by atoms with Crippen molar-refractivity contribution in [1.82, 2.24) is 0 Å². The van der Waals surface area contributed by atoms with E-state index in [1.807, 2.05) is 24.3 Å². The predicted molar refractivity (Wildman–Crippen MR) is 117 cm³/mol. The van der Waals surface area contributed by atoms with Crippen LogP contribution in [0.25, 0.3) is 0 Å². The topological polar surface area (TPSA) is 37.3 Å². The predicted octanol–water partition coefficient (Wildman–Crippen LogP) is 6.64. The molecule has 0 aliphatic rings. The van der Waals surface area contributed by atoms with Gasteiger partial charge in [-0.2, -0.15) is 0 Å². The van der Waals surface area contributed by atoms with Crippen molar-refractivity contribution in [2.45, 2.75) is 59.8 Å². The van der Waals surface area contributed by atoms with Crippen LogP contribution in [0.4, 0.5) is 0 Å². The van der Waals surface area contributed by atoms with Crippen LogP contribution in [0.15, 0.2) is 60.7 Å². The van der Waals surface area contributed by atoms with Crippen LogP contribution in [0.3, 0.4) is 0 Å². The Labute approximate surface area is 171 Å². The van der Waals surface area contributed by atoms with Gasteiger partial charge in [-0.15, -0.1) is 0 Å². The summed E-state index contributed by atoms with van der Waals surface area (Å²) in [5.74, 6) is -0.160. The normalized spacial score (nSPS) is 14.8. The van der Waals surface area contributed by atoms with Crippen molar-refractivity contribution in [2.24, 2.45) is 23.2 Å². The Kier molecular flexibility index (Phi) is 8.29. The first kappa shape index (κ1) is 22.2. The summed E-state index contributed by atoms with van der Waals surface area (Å²) >= 11 is 0. The van der Waals surface area contributed by atoms with Gasteiger partial charge in [-0.1, -0.05) is 94.8 Å². The van der Waals surface area contributed by atoms with Crippen molar-refractivity contribution in [3.8, 4) is 0 Å². The summed E-state index contributed by atoms with van der Waals surface area (Å²) in [6, 6.07) is 20.6. The van der Waals surface area contributed by atoms with E-state index in [0.717, 1.165) is 31.2 Å². The number of hydrogen-bond acceptors (Lipinski definition) is 1. The third kappa shape index (κ3) is 5.95. The maximum absolute atomic E-state index is 12.5. The molecular weight excluding hydrogens is 344 g/mol. The SMILES string of the molecule is CC(C)CCC(CCc1ccccc1)(C(C)C)C(Cc1ccccc1)C(=O)O. The van der Waals surface area contributed by atoms with Gasteiger partial charge in [0, 0.05) is 0 Å². The maximum Gasteiger partial charge on any atom is 0.307 e. The van der Waals surface area contributed by atoms with E-state index in [1.54, 1.807) is 0 Å². The summed E-state index contributed by atoms with van der Waals surface area (Å²) < 4.78 is 0. The summed E-state index contributed by atoms with van der Waals surface area (Å²) in [7, 11) is 0. The van der Waals surface area contributed by atoms with Gasteiger partial charge in [-0.3, -0.25) is 4.79 Å². The molecule has 0 saturated heterocycles. The van der Waals surface area contributed by atoms with Gasteiger partial charge in [0.25, 0.3) is 0 Å². The summed E-state index contributed by atoms with van der Waals surface area (Å²) in [5, 5.41) is 10.3. The van der Waals surface area contributed by atoms with Crippen molar-refractivity contribution >= 4 is 5.97 Å². The molecule has 0 fully saturated rings. The summed E-state index contributed by atoms with van der Waals surface area (Å²) in [6.45, 7) is 8.89. The van der Waals surface area contributed by atoms with E-state index in [2.05, 4.69) is 64.1 Å². The number of aryl methyl sites for hydroxylation is 1. The van der Waals surface area contributed by atoms with Crippen molar-refractivity contribution < 1.29 is 9.90 Å². The lowest BCUT2D eigenvalue weighted by Gasteiger charge is -2.43. The highest BCUT2D eigenvalue weighted by molar-refractivity contribution is 5.71. The second-order valence-electron chi connectivity index (χ2n) is 8.89. The molecule has 28 heavy (non-hydrogen) atoms. The van der Waals surface area contributed by atoms with Gasteiger partial charge in [0.05, 0.1) is 5.92 Å². The molecule has 1 N–H and O–H groups in total. The fraction of sp³-hybridized carbons (Fsp3) is 0.500. The second kappa shape index (κ2) is 10.5. The molecule has 0 spiro atoms. The van der Waals surface area contributed by atoms with E-state index in [1.165, 1.54) is 5.56 Å². The Bertz CT molecular complexity index is 706. The molecule has 0 saturated carbocycles. The Morgan fingerprint density at radius 2 is 1.39 bits per heavy atom. The third-order valence-electron chi connectivity index (χ3n) is 6.33. The van der Waals surface area contributed by atoms with Crippen LogP contribution in [0, 0.1) is 23.2 Å². The Morgan fingerprint density at radius 1 is 0.857 bits per heavy atom. The van der Waals surface area contributed by atoms with Crippen molar-refractivity contribution in [1.29, 1.82) is 0 Å². The van der Waals surface area contributed by atoms with Crippen LogP contribution in [-0.4, -0.2) is 11.1 Å². The zero-order valence-electron chi connectivity index (χ0n) is 17.9. The molecule has 0 aliphatic carbocycles. The quantitative estimate of drug-likeness (QED) is 0.474. The maximum atomic E-state index is 12.5. The average Bonchev–Trinajstić information content (AvgIpc) is 2.68. The lowest BCUT2D eigenvalue weighted by Crippen LogP contribution is -2.42. The highest BCUT2D eigenvalue weighted by Gasteiger charge is 2.44. The third-order valence-corrected chi connectivity index (χ3v) is 6.33. The average molecular weight is 381 g/mol. The molecule has 2 atom stereocenters. The molecule has 0 aliphatic heterocycles. The lowest BCUT2D eigenvalue weighted by atomic mass is 9.60. The molecule has 2 aromatic rings. The van der Waals surface area contributed by atoms with E-state index >= 15 is 0 Å². The highest BCUT2D eigenvalue weighted by atomic mass is 16.4. The van der Waals surface area contributed by atoms with E-state index in [4.69, 9.17) is 0 Å². The molecule has 0 bridgehead atoms. The number of carbonyl (C=O) groups is 1. The molecule has 0 aromatic heterocycles. The molecule has 0 radical (unpaired) electrons. The molecule has 0 heterocycles. The van der Waals surface area contributed by atoms with Gasteiger partial charge in [-0.05, 0) is 54.1 Å². The highest BCUT2D eigenvalue weighted by Crippen LogP contribution is 2.47. The van der Waals surface area contributed by atoms with Crippen LogP contribution < -0.4 is 0 Å². The standard InChI is InChI=1S/C26H36O2/c1-20(2)15-17-26(21(3)4,18-16-22-11-7-5-8-12-22)24(25(27)28)19-23-13-9-6-10-14-23/h5-14,20-21,24H,15-19H2,1-4H3,(H,27,28). The van der Waals surface area contributed by atoms with Gasteiger partial charge in [0.15, 0.2) is 0 Å². The first-order valence-corrected chi connectivity index (χ1v) is 10.7. The van der Waals surface area contributed by atoms with Gasteiger partial charge in [-0.25, -0.2) is 0 Å². The minimum atomic E-state index is -0.658. The van der Waals surface area contributed by atoms with Gasteiger partial charge >= 0.3 is 5.97 Å². The fourth-order valence-corrected chi connectivity index (χ4v) is 4.42. The van der Waals surface area contributed by atoms with Crippen molar-refractivity contribution in [3.63, 3.8) is 0 Å². The second-order valence-corrected chi connectivity index (χ2v) is 8.89. The first-order chi connectivity index (χ1) is 13.3. The lowest BCUT2D eigenvalue weighted by molar-refractivity contribution is -0.149. The summed E-state index contributed by atoms with van der Waals surface area (Å²) in [5.41, 5.74) is 2.19. The first-order valence-electron chi connectivity index (χ1n) is 10.7. The Hall–Kier alpha value is -2.09. The Morgan fingerprint density at radius 3 is 1.86 bits per heavy atom. The minimum absolute atomic E-state index is 0.220. The largest absolute Gasteiger partial charge is 0.481 e. The van der Waals surface area contributed by atoms with Crippen LogP contribution in [0.2, 0.25) is 0 Å². The monoisotopic (exact) mass is 380 g/mol. The van der Waals surface area contributed by atoms with Gasteiger partial charge < -0.3 is 5.11 Å². The molecule has 2 aromatic carbocycles. The number of rotatable bonds is 11. The summed E-state index contributed by atoms with van der Waals surface area (Å²) in [6.07, 6.45) is 4.45. The number of benzene rings is 2. The minimum Gasteiger partial charge on any atom is -0.481 e. The fourth-order valence-electron chi connectivity index (χ4n) is 4.42. The molecule has 2 heteroatoms. The molecule has 2 rings (SSSR count). The van der Waals surface area contributed by atoms with E-state index in [9.17, 15) is 9.90 Å². The van der Waals surface area contributed by atoms with Crippen LogP contribution >= 0.6 is 0 Å². The molecular formula is C26H36O2. The number of hydrogen-bond donors (Lipinski definition) is 1. The van der Waals surface area contributed by atoms with Crippen molar-refractivity contribution in [2.75, 3.05) is 0 Å². The molecule has 152 valence electrons. The van der Waals surface area contributed by atoms with E-state index in [-0.39, 0.29) is 11.3 Å². The van der Waals surface area contributed by atoms with E-state index < -0.39 is 5.97 Å². The zero-order valence-corrected chi connectivity index (χ0v) is 17.9. The van der Waals surface area contributed by atoms with Crippen LogP contribution in [0.5, 0.6) is 0 Å². The van der Waals surface area contributed by atoms with E-state index in [0.29, 0.717) is 18.3 Å². The molecule has 2 unspecified atom stereocenters. The van der Waals surface area contributed by atoms with Crippen LogP contribution in [-0.2, 0) is 17.6 Å². The molecule has 2 nitrogen and oxygen atoms in total. The Balaban J connectivity index is 2.37. The number of aliphatic carboxylic acids is 1.